The van der Waals surface area contributed by atoms with Crippen LogP contribution < -0.4 is 16.4 Å². The molecule has 0 aromatic heterocycles. The first kappa shape index (κ1) is 33.5. The smallest absolute Gasteiger partial charge is 0.254 e. The molecule has 0 bridgehead atoms. The van der Waals surface area contributed by atoms with Gasteiger partial charge >= 0.3 is 0 Å². The van der Waals surface area contributed by atoms with Gasteiger partial charge in [-0.15, -0.1) is 0 Å². The normalized spacial score (nSPS) is 12.5. The van der Waals surface area contributed by atoms with Gasteiger partial charge in [-0.05, 0) is 44.4 Å². The number of rotatable bonds is 18. The Balaban J connectivity index is 3.28. The van der Waals surface area contributed by atoms with Gasteiger partial charge in [0.05, 0.1) is 26.4 Å². The van der Waals surface area contributed by atoms with Crippen molar-refractivity contribution in [1.82, 2.24) is 10.2 Å². The summed E-state index contributed by atoms with van der Waals surface area (Å²) in [5.74, 6) is -0.783. The second kappa shape index (κ2) is 17.1. The number of nitrogens with zero attached hydrogens (tertiary/aromatic N) is 1. The Kier molecular flexibility index (Phi) is 15.1. The van der Waals surface area contributed by atoms with E-state index in [1.165, 1.54) is 19.1 Å². The van der Waals surface area contributed by atoms with Crippen molar-refractivity contribution in [3.8, 4) is 0 Å². The lowest BCUT2D eigenvalue weighted by Crippen LogP contribution is -2.56. The molecule has 1 aromatic rings. The van der Waals surface area contributed by atoms with Gasteiger partial charge in [0, 0.05) is 50.5 Å². The van der Waals surface area contributed by atoms with Crippen LogP contribution in [0.4, 0.5) is 5.69 Å². The van der Waals surface area contributed by atoms with Crippen molar-refractivity contribution in [3.05, 3.63) is 29.3 Å². The fourth-order valence-corrected chi connectivity index (χ4v) is 3.88. The summed E-state index contributed by atoms with van der Waals surface area (Å²) < 4.78 is 21.6. The number of benzene rings is 1. The highest BCUT2D eigenvalue weighted by molar-refractivity contribution is 5.99. The summed E-state index contributed by atoms with van der Waals surface area (Å²) in [6.07, 6.45) is 0.398. The van der Waals surface area contributed by atoms with E-state index in [1.54, 1.807) is 18.2 Å². The van der Waals surface area contributed by atoms with Crippen molar-refractivity contribution < 1.29 is 33.3 Å². The molecule has 0 saturated carbocycles. The molecule has 1 unspecified atom stereocenters. The van der Waals surface area contributed by atoms with Gasteiger partial charge < -0.3 is 40.2 Å². The third kappa shape index (κ3) is 11.4. The fraction of sp³-hybridized carbons (Fsp3) is 0.667. The highest BCUT2D eigenvalue weighted by atomic mass is 16.7. The molecule has 0 aliphatic heterocycles. The molecular weight excluding hydrogens is 492 g/mol. The zero-order valence-corrected chi connectivity index (χ0v) is 23.9. The largest absolute Gasteiger partial charge is 0.378 e. The zero-order chi connectivity index (χ0) is 28.7. The first-order chi connectivity index (χ1) is 18.0. The second-order valence-electron chi connectivity index (χ2n) is 10.2. The number of carbonyl (C=O) groups is 3. The summed E-state index contributed by atoms with van der Waals surface area (Å²) in [7, 11) is 3.05. The van der Waals surface area contributed by atoms with E-state index in [0.717, 1.165) is 5.56 Å². The van der Waals surface area contributed by atoms with Crippen molar-refractivity contribution in [2.24, 2.45) is 11.7 Å². The van der Waals surface area contributed by atoms with E-state index >= 15 is 0 Å². The van der Waals surface area contributed by atoms with Crippen LogP contribution in [0.1, 0.15) is 50.5 Å². The molecule has 0 aliphatic rings. The summed E-state index contributed by atoms with van der Waals surface area (Å²) in [4.78, 5) is 40.0. The van der Waals surface area contributed by atoms with Gasteiger partial charge in [-0.1, -0.05) is 19.9 Å². The average Bonchev–Trinajstić information content (AvgIpc) is 2.85. The third-order valence-electron chi connectivity index (χ3n) is 5.59. The molecule has 4 N–H and O–H groups in total. The highest BCUT2D eigenvalue weighted by Crippen LogP contribution is 2.23. The summed E-state index contributed by atoms with van der Waals surface area (Å²) in [6, 6.07) is 4.27. The average molecular weight is 539 g/mol. The SMILES string of the molecule is COC(Cc1ccc(C(=O)N(CCOCCOCCN)C(C(=O)NC(C)(C)C)C(C)C)cc1NC=O)OC. The molecule has 0 heterocycles. The van der Waals surface area contributed by atoms with Crippen LogP contribution >= 0.6 is 0 Å². The Morgan fingerprint density at radius 1 is 1.05 bits per heavy atom. The van der Waals surface area contributed by atoms with Gasteiger partial charge in [0.25, 0.3) is 5.91 Å². The van der Waals surface area contributed by atoms with Crippen molar-refractivity contribution >= 4 is 23.9 Å². The van der Waals surface area contributed by atoms with E-state index in [0.29, 0.717) is 50.4 Å². The Labute approximate surface area is 226 Å². The number of nitrogens with two attached hydrogens (primary N) is 1. The minimum Gasteiger partial charge on any atom is -0.378 e. The maximum absolute atomic E-state index is 13.9. The number of carbonyl (C=O) groups excluding carboxylic acids is 3. The number of nitrogens with one attached hydrogen (secondary N) is 2. The minimum atomic E-state index is -0.743. The number of methoxy groups -OCH3 is 2. The second-order valence-corrected chi connectivity index (χ2v) is 10.2. The summed E-state index contributed by atoms with van der Waals surface area (Å²) in [6.45, 7) is 11.5. The van der Waals surface area contributed by atoms with Crippen molar-refractivity contribution in [1.29, 1.82) is 0 Å². The van der Waals surface area contributed by atoms with Crippen molar-refractivity contribution in [2.45, 2.75) is 58.9 Å². The van der Waals surface area contributed by atoms with E-state index in [2.05, 4.69) is 10.6 Å². The lowest BCUT2D eigenvalue weighted by atomic mass is 9.97. The lowest BCUT2D eigenvalue weighted by molar-refractivity contribution is -0.128. The highest BCUT2D eigenvalue weighted by Gasteiger charge is 2.34. The Bertz CT molecular complexity index is 869. The summed E-state index contributed by atoms with van der Waals surface area (Å²) in [5, 5.41) is 5.65. The van der Waals surface area contributed by atoms with Crippen LogP contribution in [-0.2, 0) is 35.0 Å². The third-order valence-corrected chi connectivity index (χ3v) is 5.59. The van der Waals surface area contributed by atoms with Crippen LogP contribution in [-0.4, -0.2) is 94.7 Å². The first-order valence-corrected chi connectivity index (χ1v) is 12.9. The predicted molar refractivity (Wildman–Crippen MR) is 146 cm³/mol. The van der Waals surface area contributed by atoms with E-state index in [1.807, 2.05) is 34.6 Å². The number of anilines is 1. The van der Waals surface area contributed by atoms with Crippen LogP contribution in [0.5, 0.6) is 0 Å². The Morgan fingerprint density at radius 3 is 2.21 bits per heavy atom. The maximum atomic E-state index is 13.9. The monoisotopic (exact) mass is 538 g/mol. The molecule has 11 nitrogen and oxygen atoms in total. The molecule has 1 atom stereocenters. The quantitative estimate of drug-likeness (QED) is 0.146. The molecular formula is C27H46N4O7. The van der Waals surface area contributed by atoms with Gasteiger partial charge in [-0.3, -0.25) is 14.4 Å². The summed E-state index contributed by atoms with van der Waals surface area (Å²) >= 11 is 0. The van der Waals surface area contributed by atoms with E-state index in [-0.39, 0.29) is 30.9 Å². The van der Waals surface area contributed by atoms with Gasteiger partial charge in [0.2, 0.25) is 12.3 Å². The van der Waals surface area contributed by atoms with Gasteiger partial charge in [0.1, 0.15) is 6.04 Å². The predicted octanol–water partition coefficient (Wildman–Crippen LogP) is 1.79. The molecule has 216 valence electrons. The maximum Gasteiger partial charge on any atom is 0.254 e. The van der Waals surface area contributed by atoms with Gasteiger partial charge in [-0.2, -0.15) is 0 Å². The lowest BCUT2D eigenvalue weighted by Gasteiger charge is -2.35. The molecule has 11 heteroatoms. The molecule has 0 saturated heterocycles. The minimum absolute atomic E-state index is 0.176. The van der Waals surface area contributed by atoms with E-state index in [4.69, 9.17) is 24.7 Å². The Hall–Kier alpha value is -2.57. The van der Waals surface area contributed by atoms with Crippen LogP contribution in [0.15, 0.2) is 18.2 Å². The van der Waals surface area contributed by atoms with Gasteiger partial charge in [0.15, 0.2) is 6.29 Å². The van der Waals surface area contributed by atoms with Crippen molar-refractivity contribution in [2.75, 3.05) is 59.1 Å². The number of ether oxygens (including phenoxy) is 4. The topological polar surface area (TPSA) is 141 Å². The standard InChI is InChI=1S/C27H46N4O7/c1-19(2)24(25(33)30-27(3,4)5)31(11-13-38-15-14-37-12-10-28)26(34)21-9-8-20(17-23(35-6)36-7)22(16-21)29-18-32/h8-9,16,18-19,23-24H,10-15,17,28H2,1-7H3,(H,29,32)(H,30,33). The van der Waals surface area contributed by atoms with Crippen molar-refractivity contribution in [3.63, 3.8) is 0 Å². The van der Waals surface area contributed by atoms with Crippen LogP contribution in [0.3, 0.4) is 0 Å². The molecule has 0 aliphatic carbocycles. The van der Waals surface area contributed by atoms with Crippen LogP contribution in [0.25, 0.3) is 0 Å². The number of hydrogen-bond acceptors (Lipinski definition) is 8. The molecule has 3 amide bonds. The summed E-state index contributed by atoms with van der Waals surface area (Å²) in [5.41, 5.74) is 6.47. The molecule has 38 heavy (non-hydrogen) atoms. The Morgan fingerprint density at radius 2 is 1.68 bits per heavy atom. The molecule has 1 aromatic carbocycles. The number of hydrogen-bond donors (Lipinski definition) is 3. The van der Waals surface area contributed by atoms with E-state index in [9.17, 15) is 14.4 Å². The fourth-order valence-electron chi connectivity index (χ4n) is 3.88. The zero-order valence-electron chi connectivity index (χ0n) is 23.9. The van der Waals surface area contributed by atoms with Crippen LogP contribution in [0.2, 0.25) is 0 Å². The molecule has 0 spiro atoms. The van der Waals surface area contributed by atoms with E-state index < -0.39 is 17.9 Å². The molecule has 0 radical (unpaired) electrons. The molecule has 1 rings (SSSR count). The van der Waals surface area contributed by atoms with Gasteiger partial charge in [-0.25, -0.2) is 0 Å². The number of amides is 3. The molecule has 0 fully saturated rings. The first-order valence-electron chi connectivity index (χ1n) is 12.9. The van der Waals surface area contributed by atoms with Crippen LogP contribution in [0, 0.1) is 5.92 Å².